The van der Waals surface area contributed by atoms with Gasteiger partial charge in [0.2, 0.25) is 11.8 Å². The molecule has 0 unspecified atom stereocenters. The summed E-state index contributed by atoms with van der Waals surface area (Å²) in [7, 11) is 1.58. The predicted octanol–water partition coefficient (Wildman–Crippen LogP) is 3.50. The third kappa shape index (κ3) is 3.83. The summed E-state index contributed by atoms with van der Waals surface area (Å²) >= 11 is 6.34. The number of carbonyl (C=O) groups is 1. The monoisotopic (exact) mass is 358 g/mol. The zero-order chi connectivity index (χ0) is 17.8. The van der Waals surface area contributed by atoms with Crippen molar-refractivity contribution in [3.05, 3.63) is 59.8 Å². The van der Waals surface area contributed by atoms with E-state index in [-0.39, 0.29) is 11.9 Å². The summed E-state index contributed by atoms with van der Waals surface area (Å²) < 4.78 is 10.8. The molecule has 6 heteroatoms. The molecular formula is C19H19ClN2O3. The topological polar surface area (TPSA) is 51.7 Å². The zero-order valence-electron chi connectivity index (χ0n) is 13.9. The van der Waals surface area contributed by atoms with Gasteiger partial charge < -0.3 is 14.4 Å². The number of nitrogens with zero attached hydrogens (tertiary/aromatic N) is 2. The highest BCUT2D eigenvalue weighted by Gasteiger charge is 2.27. The molecule has 1 aliphatic rings. The van der Waals surface area contributed by atoms with E-state index >= 15 is 0 Å². The Morgan fingerprint density at radius 2 is 2.24 bits per heavy atom. The number of methoxy groups -OCH3 is 1. The second-order valence-electron chi connectivity index (χ2n) is 5.69. The highest BCUT2D eigenvalue weighted by molar-refractivity contribution is 6.31. The van der Waals surface area contributed by atoms with E-state index in [2.05, 4.69) is 11.6 Å². The summed E-state index contributed by atoms with van der Waals surface area (Å²) in [5, 5.41) is 0.597. The molecule has 2 aromatic rings. The normalized spacial score (nSPS) is 17.2. The van der Waals surface area contributed by atoms with E-state index in [1.165, 1.54) is 6.08 Å². The molecule has 1 amide bonds. The van der Waals surface area contributed by atoms with E-state index in [0.717, 1.165) is 16.7 Å². The molecule has 0 aliphatic carbocycles. The lowest BCUT2D eigenvalue weighted by atomic mass is 9.98. The maximum Gasteiger partial charge on any atom is 0.246 e. The first kappa shape index (κ1) is 17.5. The summed E-state index contributed by atoms with van der Waals surface area (Å²) in [6, 6.07) is 9.31. The fraction of sp³-hybridized carbons (Fsp3) is 0.263. The number of halogens is 1. The highest BCUT2D eigenvalue weighted by atomic mass is 35.5. The van der Waals surface area contributed by atoms with Crippen molar-refractivity contribution in [1.29, 1.82) is 0 Å². The first-order valence-electron chi connectivity index (χ1n) is 7.94. The number of rotatable bonds is 4. The van der Waals surface area contributed by atoms with Gasteiger partial charge in [-0.15, -0.1) is 0 Å². The number of carbonyl (C=O) groups excluding carboxylic acids is 1. The van der Waals surface area contributed by atoms with Crippen molar-refractivity contribution in [3.63, 3.8) is 0 Å². The minimum absolute atomic E-state index is 0.111. The van der Waals surface area contributed by atoms with E-state index in [0.29, 0.717) is 30.7 Å². The molecule has 3 rings (SSSR count). The number of aromatic nitrogens is 1. The summed E-state index contributed by atoms with van der Waals surface area (Å²) in [6.45, 7) is 5.06. The fourth-order valence-corrected chi connectivity index (χ4v) is 3.18. The van der Waals surface area contributed by atoms with E-state index in [1.54, 1.807) is 18.2 Å². The molecule has 1 saturated heterocycles. The zero-order valence-corrected chi connectivity index (χ0v) is 14.7. The van der Waals surface area contributed by atoms with Gasteiger partial charge in [0.15, 0.2) is 0 Å². The summed E-state index contributed by atoms with van der Waals surface area (Å²) in [5.41, 5.74) is 2.79. The minimum Gasteiger partial charge on any atom is -0.481 e. The SMILES string of the molecule is C=CC(=O)N1CCOC[C@H]1c1cc(Cl)cc(-c2ccnc(OC)c2)c1. The second kappa shape index (κ2) is 7.68. The van der Waals surface area contributed by atoms with Crippen LogP contribution in [0.2, 0.25) is 5.02 Å². The van der Waals surface area contributed by atoms with Crippen LogP contribution in [0.4, 0.5) is 0 Å². The molecule has 0 N–H and O–H groups in total. The van der Waals surface area contributed by atoms with Crippen LogP contribution < -0.4 is 4.74 Å². The second-order valence-corrected chi connectivity index (χ2v) is 6.12. The van der Waals surface area contributed by atoms with Crippen molar-refractivity contribution < 1.29 is 14.3 Å². The molecular weight excluding hydrogens is 340 g/mol. The average molecular weight is 359 g/mol. The standard InChI is InChI=1S/C19H19ClN2O3/c1-3-19(23)22-6-7-25-12-17(22)15-8-14(9-16(20)10-15)13-4-5-21-18(11-13)24-2/h3-5,8-11,17H,1,6-7,12H2,2H3/t17-/m0/s1. The van der Waals surface area contributed by atoms with Crippen LogP contribution in [0, 0.1) is 0 Å². The van der Waals surface area contributed by atoms with Gasteiger partial charge in [-0.2, -0.15) is 0 Å². The Hall–Kier alpha value is -2.37. The number of morpholine rings is 1. The Bertz CT molecular complexity index is 794. The van der Waals surface area contributed by atoms with Gasteiger partial charge >= 0.3 is 0 Å². The van der Waals surface area contributed by atoms with Crippen LogP contribution in [0.25, 0.3) is 11.1 Å². The van der Waals surface area contributed by atoms with E-state index in [9.17, 15) is 4.79 Å². The van der Waals surface area contributed by atoms with E-state index in [1.807, 2.05) is 30.3 Å². The molecule has 130 valence electrons. The van der Waals surface area contributed by atoms with Crippen LogP contribution in [0.5, 0.6) is 5.88 Å². The minimum atomic E-state index is -0.194. The molecule has 1 fully saturated rings. The van der Waals surface area contributed by atoms with Crippen molar-refractivity contribution in [2.24, 2.45) is 0 Å². The highest BCUT2D eigenvalue weighted by Crippen LogP contribution is 2.32. The van der Waals surface area contributed by atoms with Crippen LogP contribution in [0.1, 0.15) is 11.6 Å². The smallest absolute Gasteiger partial charge is 0.246 e. The molecule has 0 radical (unpaired) electrons. The van der Waals surface area contributed by atoms with Crippen LogP contribution in [0.3, 0.4) is 0 Å². The summed E-state index contributed by atoms with van der Waals surface area (Å²) in [4.78, 5) is 18.1. The molecule has 1 aromatic carbocycles. The van der Waals surface area contributed by atoms with Crippen molar-refractivity contribution in [2.75, 3.05) is 26.9 Å². The number of ether oxygens (including phenoxy) is 2. The number of hydrogen-bond donors (Lipinski definition) is 0. The molecule has 1 aliphatic heterocycles. The largest absolute Gasteiger partial charge is 0.481 e. The van der Waals surface area contributed by atoms with E-state index < -0.39 is 0 Å². The number of benzene rings is 1. The quantitative estimate of drug-likeness (QED) is 0.785. The fourth-order valence-electron chi connectivity index (χ4n) is 2.93. The lowest BCUT2D eigenvalue weighted by molar-refractivity contribution is -0.134. The first-order valence-corrected chi connectivity index (χ1v) is 8.32. The van der Waals surface area contributed by atoms with Gasteiger partial charge in [0, 0.05) is 23.8 Å². The van der Waals surface area contributed by atoms with Crippen LogP contribution in [-0.4, -0.2) is 42.7 Å². The van der Waals surface area contributed by atoms with Gasteiger partial charge in [0.1, 0.15) is 0 Å². The molecule has 25 heavy (non-hydrogen) atoms. The lowest BCUT2D eigenvalue weighted by Gasteiger charge is -2.35. The van der Waals surface area contributed by atoms with Gasteiger partial charge in [-0.3, -0.25) is 4.79 Å². The Balaban J connectivity index is 2.00. The Morgan fingerprint density at radius 3 is 3.00 bits per heavy atom. The molecule has 0 bridgehead atoms. The number of hydrogen-bond acceptors (Lipinski definition) is 4. The predicted molar refractivity (Wildman–Crippen MR) is 96.7 cm³/mol. The van der Waals surface area contributed by atoms with Gasteiger partial charge in [0.05, 0.1) is 26.4 Å². The molecule has 1 aromatic heterocycles. The Labute approximate surface area is 151 Å². The molecule has 2 heterocycles. The molecule has 5 nitrogen and oxygen atoms in total. The number of amides is 1. The van der Waals surface area contributed by atoms with Crippen LogP contribution >= 0.6 is 11.6 Å². The van der Waals surface area contributed by atoms with Crippen molar-refractivity contribution in [2.45, 2.75) is 6.04 Å². The molecule has 0 saturated carbocycles. The van der Waals surface area contributed by atoms with Crippen LogP contribution in [0.15, 0.2) is 49.2 Å². The average Bonchev–Trinajstić information content (AvgIpc) is 2.67. The maximum atomic E-state index is 12.2. The third-order valence-corrected chi connectivity index (χ3v) is 4.39. The van der Waals surface area contributed by atoms with E-state index in [4.69, 9.17) is 21.1 Å². The maximum absolute atomic E-state index is 12.2. The Morgan fingerprint density at radius 1 is 1.40 bits per heavy atom. The molecule has 1 atom stereocenters. The van der Waals surface area contributed by atoms with Crippen molar-refractivity contribution in [3.8, 4) is 17.0 Å². The Kier molecular flexibility index (Phi) is 5.36. The van der Waals surface area contributed by atoms with Crippen molar-refractivity contribution >= 4 is 17.5 Å². The van der Waals surface area contributed by atoms with Gasteiger partial charge in [-0.1, -0.05) is 18.2 Å². The van der Waals surface area contributed by atoms with Gasteiger partial charge in [-0.25, -0.2) is 4.98 Å². The summed E-state index contributed by atoms with van der Waals surface area (Å²) in [6.07, 6.45) is 3.02. The first-order chi connectivity index (χ1) is 12.1. The summed E-state index contributed by atoms with van der Waals surface area (Å²) in [5.74, 6) is 0.420. The lowest BCUT2D eigenvalue weighted by Crippen LogP contribution is -2.42. The molecule has 0 spiro atoms. The van der Waals surface area contributed by atoms with Crippen LogP contribution in [-0.2, 0) is 9.53 Å². The van der Waals surface area contributed by atoms with Crippen molar-refractivity contribution in [1.82, 2.24) is 9.88 Å². The van der Waals surface area contributed by atoms with Gasteiger partial charge in [0.25, 0.3) is 0 Å². The van der Waals surface area contributed by atoms with Gasteiger partial charge in [-0.05, 0) is 47.0 Å². The third-order valence-electron chi connectivity index (χ3n) is 4.17. The number of pyridine rings is 1.